The number of nitrogens with one attached hydrogen (secondary N) is 2. The number of thiazole rings is 1. The maximum atomic E-state index is 11.7. The second-order valence-electron chi connectivity index (χ2n) is 5.73. The highest BCUT2D eigenvalue weighted by atomic mass is 35.5. The fourth-order valence-corrected chi connectivity index (χ4v) is 3.47. The van der Waals surface area contributed by atoms with Gasteiger partial charge in [0.2, 0.25) is 5.91 Å². The first-order chi connectivity index (χ1) is 13.4. The van der Waals surface area contributed by atoms with Crippen molar-refractivity contribution in [1.82, 2.24) is 4.98 Å². The number of carbonyl (C=O) groups is 2. The summed E-state index contributed by atoms with van der Waals surface area (Å²) in [7, 11) is 1.57. The number of methoxy groups -OCH3 is 1. The van der Waals surface area contributed by atoms with E-state index in [0.717, 1.165) is 16.9 Å². The minimum absolute atomic E-state index is 0.0480. The van der Waals surface area contributed by atoms with Crippen LogP contribution in [0.15, 0.2) is 42.5 Å². The van der Waals surface area contributed by atoms with Crippen LogP contribution in [0.1, 0.15) is 16.6 Å². The zero-order valence-electron chi connectivity index (χ0n) is 14.9. The largest absolute Gasteiger partial charge is 0.497 e. The van der Waals surface area contributed by atoms with Crippen LogP contribution in [0.5, 0.6) is 5.75 Å². The molecule has 0 radical (unpaired) electrons. The summed E-state index contributed by atoms with van der Waals surface area (Å²) in [6.45, 7) is 1.39. The van der Waals surface area contributed by atoms with E-state index in [0.29, 0.717) is 27.2 Å². The lowest BCUT2D eigenvalue weighted by atomic mass is 10.2. The van der Waals surface area contributed by atoms with Gasteiger partial charge in [-0.25, -0.2) is 9.78 Å². The van der Waals surface area contributed by atoms with Crippen molar-refractivity contribution < 1.29 is 19.4 Å². The lowest BCUT2D eigenvalue weighted by molar-refractivity contribution is -0.114. The molecule has 7 nitrogen and oxygen atoms in total. The topological polar surface area (TPSA) is 101 Å². The summed E-state index contributed by atoms with van der Waals surface area (Å²) in [6, 6.07) is 12.0. The van der Waals surface area contributed by atoms with Gasteiger partial charge in [0, 0.05) is 18.2 Å². The summed E-state index contributed by atoms with van der Waals surface area (Å²) in [5, 5.41) is 16.1. The fraction of sp³-hybridized carbons (Fsp3) is 0.105. The highest BCUT2D eigenvalue weighted by Gasteiger charge is 2.19. The molecule has 1 aromatic heterocycles. The maximum absolute atomic E-state index is 11.7. The first-order valence-electron chi connectivity index (χ1n) is 8.10. The fourth-order valence-electron chi connectivity index (χ4n) is 2.44. The number of amides is 1. The van der Waals surface area contributed by atoms with Gasteiger partial charge in [0.25, 0.3) is 0 Å². The number of halogens is 1. The van der Waals surface area contributed by atoms with Crippen LogP contribution in [0.4, 0.5) is 17.2 Å². The number of carboxylic acid groups (broad SMARTS) is 1. The van der Waals surface area contributed by atoms with Gasteiger partial charge in [-0.1, -0.05) is 11.6 Å². The SMILES string of the molecule is COc1ccc(-c2nc(Nc3cc(NC(C)=O)ccc3Cl)c(C(=O)O)s2)cc1. The van der Waals surface area contributed by atoms with Crippen molar-refractivity contribution in [3.63, 3.8) is 0 Å². The van der Waals surface area contributed by atoms with Crippen LogP contribution in [0, 0.1) is 0 Å². The average Bonchev–Trinajstić information content (AvgIpc) is 3.08. The maximum Gasteiger partial charge on any atom is 0.349 e. The van der Waals surface area contributed by atoms with Gasteiger partial charge >= 0.3 is 5.97 Å². The minimum Gasteiger partial charge on any atom is -0.497 e. The molecule has 0 aliphatic rings. The predicted octanol–water partition coefficient (Wildman–Crippen LogP) is 4.87. The van der Waals surface area contributed by atoms with E-state index in [1.165, 1.54) is 6.92 Å². The molecular formula is C19H16ClN3O4S. The van der Waals surface area contributed by atoms with Gasteiger partial charge in [0.15, 0.2) is 10.7 Å². The number of rotatable bonds is 6. The van der Waals surface area contributed by atoms with Crippen molar-refractivity contribution in [2.45, 2.75) is 6.92 Å². The van der Waals surface area contributed by atoms with Crippen molar-refractivity contribution >= 4 is 52.0 Å². The molecule has 0 bridgehead atoms. The van der Waals surface area contributed by atoms with E-state index >= 15 is 0 Å². The van der Waals surface area contributed by atoms with Crippen LogP contribution < -0.4 is 15.4 Å². The third-order valence-corrected chi connectivity index (χ3v) is 5.12. The molecule has 144 valence electrons. The normalized spacial score (nSPS) is 10.4. The van der Waals surface area contributed by atoms with E-state index in [-0.39, 0.29) is 16.6 Å². The number of nitrogens with zero attached hydrogens (tertiary/aromatic N) is 1. The second-order valence-corrected chi connectivity index (χ2v) is 7.14. The Hall–Kier alpha value is -3.10. The molecule has 3 aromatic rings. The number of aromatic carboxylic acids is 1. The first kappa shape index (κ1) is 19.7. The standard InChI is InChI=1S/C19H16ClN3O4S/c1-10(24)21-12-5-8-14(20)15(9-12)22-17-16(19(25)26)28-18(23-17)11-3-6-13(27-2)7-4-11/h3-9,22H,1-2H3,(H,21,24)(H,25,26). The van der Waals surface area contributed by atoms with E-state index in [2.05, 4.69) is 15.6 Å². The van der Waals surface area contributed by atoms with E-state index in [4.69, 9.17) is 16.3 Å². The van der Waals surface area contributed by atoms with E-state index in [1.54, 1.807) is 49.6 Å². The van der Waals surface area contributed by atoms with E-state index in [1.807, 2.05) is 0 Å². The second kappa shape index (κ2) is 8.28. The van der Waals surface area contributed by atoms with Crippen LogP contribution in [0.3, 0.4) is 0 Å². The van der Waals surface area contributed by atoms with Gasteiger partial charge in [0.1, 0.15) is 10.8 Å². The van der Waals surface area contributed by atoms with Gasteiger partial charge in [-0.15, -0.1) is 11.3 Å². The monoisotopic (exact) mass is 417 g/mol. The smallest absolute Gasteiger partial charge is 0.349 e. The van der Waals surface area contributed by atoms with Crippen LogP contribution in [0.2, 0.25) is 5.02 Å². The van der Waals surface area contributed by atoms with Gasteiger partial charge in [-0.2, -0.15) is 0 Å². The van der Waals surface area contributed by atoms with Gasteiger partial charge < -0.3 is 20.5 Å². The molecule has 2 aromatic carbocycles. The average molecular weight is 418 g/mol. The van der Waals surface area contributed by atoms with Gasteiger partial charge in [-0.05, 0) is 42.5 Å². The molecule has 0 saturated carbocycles. The number of ether oxygens (including phenoxy) is 1. The number of hydrogen-bond donors (Lipinski definition) is 3. The van der Waals surface area contributed by atoms with Crippen molar-refractivity contribution in [2.24, 2.45) is 0 Å². The Morgan fingerprint density at radius 3 is 2.50 bits per heavy atom. The molecule has 0 aliphatic carbocycles. The Morgan fingerprint density at radius 2 is 1.89 bits per heavy atom. The highest BCUT2D eigenvalue weighted by molar-refractivity contribution is 7.17. The number of carboxylic acids is 1. The zero-order valence-corrected chi connectivity index (χ0v) is 16.5. The molecule has 1 amide bonds. The summed E-state index contributed by atoms with van der Waals surface area (Å²) < 4.78 is 5.13. The highest BCUT2D eigenvalue weighted by Crippen LogP contribution is 2.35. The lowest BCUT2D eigenvalue weighted by Crippen LogP contribution is -2.06. The summed E-state index contributed by atoms with van der Waals surface area (Å²) in [5.41, 5.74) is 1.73. The van der Waals surface area contributed by atoms with E-state index < -0.39 is 5.97 Å². The molecule has 0 unspecified atom stereocenters. The number of benzene rings is 2. The van der Waals surface area contributed by atoms with Crippen LogP contribution in [-0.4, -0.2) is 29.1 Å². The van der Waals surface area contributed by atoms with Crippen molar-refractivity contribution in [1.29, 1.82) is 0 Å². The summed E-state index contributed by atoms with van der Waals surface area (Å²) in [6.07, 6.45) is 0. The molecule has 3 rings (SSSR count). The summed E-state index contributed by atoms with van der Waals surface area (Å²) >= 11 is 7.26. The molecule has 0 saturated heterocycles. The first-order valence-corrected chi connectivity index (χ1v) is 9.29. The molecule has 0 atom stereocenters. The zero-order chi connectivity index (χ0) is 20.3. The number of hydrogen-bond acceptors (Lipinski definition) is 6. The predicted molar refractivity (Wildman–Crippen MR) is 110 cm³/mol. The molecule has 0 spiro atoms. The van der Waals surface area contributed by atoms with Crippen molar-refractivity contribution in [3.8, 4) is 16.3 Å². The third-order valence-electron chi connectivity index (χ3n) is 3.70. The minimum atomic E-state index is -1.10. The van der Waals surface area contributed by atoms with Crippen molar-refractivity contribution in [2.75, 3.05) is 17.7 Å². The Labute approximate surface area is 169 Å². The van der Waals surface area contributed by atoms with Crippen molar-refractivity contribution in [3.05, 3.63) is 52.4 Å². The van der Waals surface area contributed by atoms with Crippen LogP contribution >= 0.6 is 22.9 Å². The third kappa shape index (κ3) is 4.41. The van der Waals surface area contributed by atoms with Gasteiger partial charge in [0.05, 0.1) is 17.8 Å². The molecule has 0 fully saturated rings. The van der Waals surface area contributed by atoms with E-state index in [9.17, 15) is 14.7 Å². The Bertz CT molecular complexity index is 1030. The molecule has 28 heavy (non-hydrogen) atoms. The molecule has 3 N–H and O–H groups in total. The Balaban J connectivity index is 1.96. The summed E-state index contributed by atoms with van der Waals surface area (Å²) in [5.74, 6) is -0.465. The number of aromatic nitrogens is 1. The Morgan fingerprint density at radius 1 is 1.18 bits per heavy atom. The molecule has 1 heterocycles. The number of anilines is 3. The molecule has 9 heteroatoms. The van der Waals surface area contributed by atoms with Crippen LogP contribution in [0.25, 0.3) is 10.6 Å². The lowest BCUT2D eigenvalue weighted by Gasteiger charge is -2.09. The van der Waals surface area contributed by atoms with Gasteiger partial charge in [-0.3, -0.25) is 4.79 Å². The molecular weight excluding hydrogens is 402 g/mol. The Kier molecular flexibility index (Phi) is 5.81. The number of carbonyl (C=O) groups excluding carboxylic acids is 1. The quantitative estimate of drug-likeness (QED) is 0.528. The summed E-state index contributed by atoms with van der Waals surface area (Å²) in [4.78, 5) is 27.4. The van der Waals surface area contributed by atoms with Crippen LogP contribution in [-0.2, 0) is 4.79 Å². The molecule has 0 aliphatic heterocycles.